The van der Waals surface area contributed by atoms with Crippen molar-refractivity contribution in [3.8, 4) is 0 Å². The van der Waals surface area contributed by atoms with Crippen LogP contribution in [-0.2, 0) is 15.0 Å². The molecule has 0 aromatic heterocycles. The van der Waals surface area contributed by atoms with Gasteiger partial charge in [-0.3, -0.25) is 0 Å². The Balaban J connectivity index is 2.16. The van der Waals surface area contributed by atoms with Crippen LogP contribution >= 0.6 is 0 Å². The molecule has 104 valence electrons. The van der Waals surface area contributed by atoms with Crippen molar-refractivity contribution in [1.82, 2.24) is 4.31 Å². The number of hydrogen-bond acceptors (Lipinski definition) is 4. The van der Waals surface area contributed by atoms with Gasteiger partial charge in [0.25, 0.3) is 0 Å². The lowest BCUT2D eigenvalue weighted by atomic mass is 10.2. The zero-order valence-corrected chi connectivity index (χ0v) is 11.2. The molecule has 1 unspecified atom stereocenters. The molecule has 0 aliphatic carbocycles. The Labute approximate surface area is 108 Å². The highest BCUT2D eigenvalue weighted by Crippen LogP contribution is 2.12. The molecule has 2 heterocycles. The second kappa shape index (κ2) is 5.54. The third-order valence-corrected chi connectivity index (χ3v) is 6.02. The first-order valence-electron chi connectivity index (χ1n) is 6.60. The summed E-state index contributed by atoms with van der Waals surface area (Å²) in [7, 11) is -3.55. The molecule has 2 fully saturated rings. The Morgan fingerprint density at radius 3 is 2.28 bits per heavy atom. The largest absolute Gasteiger partial charge is 0.544 e. The topological polar surface area (TPSA) is 81.9 Å². The van der Waals surface area contributed by atoms with Crippen LogP contribution in [0.25, 0.3) is 0 Å². The molecule has 0 radical (unpaired) electrons. The predicted octanol–water partition coefficient (Wildman–Crippen LogP) is -2.10. The highest BCUT2D eigenvalue weighted by atomic mass is 32.2. The first-order valence-corrected chi connectivity index (χ1v) is 8.04. The fourth-order valence-corrected chi connectivity index (χ4v) is 4.87. The minimum Gasteiger partial charge on any atom is -0.544 e. The molecule has 2 rings (SSSR count). The normalized spacial score (nSPS) is 31.1. The van der Waals surface area contributed by atoms with E-state index >= 15 is 0 Å². The van der Waals surface area contributed by atoms with Crippen LogP contribution in [0.1, 0.15) is 38.5 Å². The zero-order chi connectivity index (χ0) is 13.2. The molecule has 2 saturated heterocycles. The van der Waals surface area contributed by atoms with Gasteiger partial charge in [0.05, 0.1) is 6.54 Å². The van der Waals surface area contributed by atoms with Gasteiger partial charge in [-0.05, 0) is 12.8 Å². The van der Waals surface area contributed by atoms with E-state index in [2.05, 4.69) is 0 Å². The summed E-state index contributed by atoms with van der Waals surface area (Å²) in [5.74, 6) is -1.25. The van der Waals surface area contributed by atoms with Gasteiger partial charge in [0.1, 0.15) is 12.0 Å². The third kappa shape index (κ3) is 2.67. The average Bonchev–Trinajstić information content (AvgIpc) is 2.65. The average molecular weight is 276 g/mol. The lowest BCUT2D eigenvalue weighted by molar-refractivity contribution is -0.777. The third-order valence-electron chi connectivity index (χ3n) is 3.83. The maximum Gasteiger partial charge on any atom is 0.371 e. The molecule has 2 aliphatic heterocycles. The van der Waals surface area contributed by atoms with Crippen LogP contribution in [-0.4, -0.2) is 44.4 Å². The molecule has 6 nitrogen and oxygen atoms in total. The number of rotatable bonds is 3. The van der Waals surface area contributed by atoms with Gasteiger partial charge >= 0.3 is 10.2 Å². The summed E-state index contributed by atoms with van der Waals surface area (Å²) < 4.78 is 26.5. The SMILES string of the molecule is O=C([O-])[C@@H]1CCC[NH+]1S(=O)(=O)N1CCCCCC1. The summed E-state index contributed by atoms with van der Waals surface area (Å²) in [6.07, 6.45) is 4.84. The van der Waals surface area contributed by atoms with Gasteiger partial charge in [0.2, 0.25) is 0 Å². The van der Waals surface area contributed by atoms with E-state index in [-0.39, 0.29) is 4.31 Å². The van der Waals surface area contributed by atoms with Gasteiger partial charge in [-0.1, -0.05) is 12.8 Å². The standard InChI is InChI=1S/C11H20N2O4S/c14-11(15)10-6-5-9-13(10)18(16,17)12-7-3-1-2-4-8-12/h10H,1-9H2,(H,14,15)/t10-/m0/s1. The summed E-state index contributed by atoms with van der Waals surface area (Å²) in [5, 5.41) is 11.0. The van der Waals surface area contributed by atoms with E-state index in [0.29, 0.717) is 32.5 Å². The summed E-state index contributed by atoms with van der Waals surface area (Å²) >= 11 is 0. The van der Waals surface area contributed by atoms with Gasteiger partial charge in [-0.2, -0.15) is 12.7 Å². The van der Waals surface area contributed by atoms with Crippen LogP contribution in [0, 0.1) is 0 Å². The Kier molecular flexibility index (Phi) is 4.24. The van der Waals surface area contributed by atoms with Gasteiger partial charge in [0, 0.05) is 25.9 Å². The number of aliphatic carboxylic acids is 1. The van der Waals surface area contributed by atoms with Gasteiger partial charge in [0.15, 0.2) is 0 Å². The molecule has 0 amide bonds. The van der Waals surface area contributed by atoms with Crippen LogP contribution in [0.2, 0.25) is 0 Å². The molecule has 2 aliphatic rings. The van der Waals surface area contributed by atoms with Crippen molar-refractivity contribution in [2.45, 2.75) is 44.6 Å². The monoisotopic (exact) mass is 276 g/mol. The van der Waals surface area contributed by atoms with Crippen molar-refractivity contribution in [3.05, 3.63) is 0 Å². The van der Waals surface area contributed by atoms with E-state index in [9.17, 15) is 18.3 Å². The van der Waals surface area contributed by atoms with Crippen LogP contribution in [0.4, 0.5) is 0 Å². The number of quaternary nitrogens is 1. The first-order chi connectivity index (χ1) is 8.53. The van der Waals surface area contributed by atoms with Crippen molar-refractivity contribution >= 4 is 16.2 Å². The van der Waals surface area contributed by atoms with E-state index < -0.39 is 22.2 Å². The molecule has 2 atom stereocenters. The molecule has 0 aromatic carbocycles. The number of carbonyl (C=O) groups excluding carboxylic acids is 1. The van der Waals surface area contributed by atoms with E-state index in [1.54, 1.807) is 0 Å². The Morgan fingerprint density at radius 2 is 1.72 bits per heavy atom. The van der Waals surface area contributed by atoms with E-state index in [1.165, 1.54) is 4.31 Å². The first kappa shape index (κ1) is 13.8. The zero-order valence-electron chi connectivity index (χ0n) is 10.4. The Bertz CT molecular complexity index is 401. The lowest BCUT2D eigenvalue weighted by Crippen LogP contribution is -3.18. The minimum absolute atomic E-state index is 0.171. The molecule has 0 aromatic rings. The highest BCUT2D eigenvalue weighted by Gasteiger charge is 2.42. The highest BCUT2D eigenvalue weighted by molar-refractivity contribution is 7.82. The van der Waals surface area contributed by atoms with Gasteiger partial charge < -0.3 is 9.90 Å². The summed E-state index contributed by atoms with van der Waals surface area (Å²) in [6, 6.07) is -0.904. The van der Waals surface area contributed by atoms with E-state index in [0.717, 1.165) is 25.7 Å². The van der Waals surface area contributed by atoms with Crippen LogP contribution in [0.5, 0.6) is 0 Å². The van der Waals surface area contributed by atoms with Crippen LogP contribution < -0.4 is 9.41 Å². The fourth-order valence-electron chi connectivity index (χ4n) is 2.82. The fraction of sp³-hybridized carbons (Fsp3) is 0.909. The summed E-state index contributed by atoms with van der Waals surface area (Å²) in [5.41, 5.74) is 0. The minimum atomic E-state index is -3.55. The molecule has 0 saturated carbocycles. The van der Waals surface area contributed by atoms with E-state index in [4.69, 9.17) is 0 Å². The maximum absolute atomic E-state index is 12.5. The molecule has 1 N–H and O–H groups in total. The smallest absolute Gasteiger partial charge is 0.371 e. The molecule has 7 heteroatoms. The Hall–Kier alpha value is -0.660. The molecule has 0 spiro atoms. The number of nitrogens with zero attached hydrogens (tertiary/aromatic N) is 1. The van der Waals surface area contributed by atoms with Crippen molar-refractivity contribution in [2.24, 2.45) is 0 Å². The molecule has 18 heavy (non-hydrogen) atoms. The van der Waals surface area contributed by atoms with Crippen LogP contribution in [0.3, 0.4) is 0 Å². The van der Waals surface area contributed by atoms with Crippen molar-refractivity contribution < 1.29 is 22.6 Å². The summed E-state index contributed by atoms with van der Waals surface area (Å²) in [4.78, 5) is 11.0. The molecular formula is C11H20N2O4S. The molecule has 0 bridgehead atoms. The summed E-state index contributed by atoms with van der Waals surface area (Å²) in [6.45, 7) is 1.41. The van der Waals surface area contributed by atoms with Gasteiger partial charge in [-0.15, -0.1) is 0 Å². The molecular weight excluding hydrogens is 256 g/mol. The second-order valence-electron chi connectivity index (χ2n) is 5.05. The second-order valence-corrected chi connectivity index (χ2v) is 7.04. The van der Waals surface area contributed by atoms with E-state index in [1.807, 2.05) is 0 Å². The maximum atomic E-state index is 12.5. The number of carbonyl (C=O) groups is 1. The van der Waals surface area contributed by atoms with Gasteiger partial charge in [-0.25, -0.2) is 4.31 Å². The number of nitrogens with one attached hydrogen (secondary N) is 1. The van der Waals surface area contributed by atoms with Crippen molar-refractivity contribution in [3.63, 3.8) is 0 Å². The van der Waals surface area contributed by atoms with Crippen LogP contribution in [0.15, 0.2) is 0 Å². The Morgan fingerprint density at radius 1 is 1.11 bits per heavy atom. The number of hydrogen-bond donors (Lipinski definition) is 1. The predicted molar refractivity (Wildman–Crippen MR) is 62.8 cm³/mol. The quantitative estimate of drug-likeness (QED) is 0.640. The lowest BCUT2D eigenvalue weighted by Gasteiger charge is -2.27. The van der Waals surface area contributed by atoms with Crippen molar-refractivity contribution in [1.29, 1.82) is 0 Å². The number of carboxylic acid groups (broad SMARTS) is 1. The number of carboxylic acids is 1. The van der Waals surface area contributed by atoms with Crippen molar-refractivity contribution in [2.75, 3.05) is 19.6 Å².